The van der Waals surface area contributed by atoms with Crippen molar-refractivity contribution in [2.75, 3.05) is 25.1 Å². The minimum Gasteiger partial charge on any atom is -0.490 e. The van der Waals surface area contributed by atoms with Gasteiger partial charge in [-0.15, -0.1) is 10.2 Å². The molecule has 0 bridgehead atoms. The van der Waals surface area contributed by atoms with E-state index >= 15 is 0 Å². The van der Waals surface area contributed by atoms with Gasteiger partial charge in [0.2, 0.25) is 5.13 Å². The highest BCUT2D eigenvalue weighted by atomic mass is 32.1. The van der Waals surface area contributed by atoms with E-state index in [0.29, 0.717) is 48.4 Å². The van der Waals surface area contributed by atoms with Crippen LogP contribution in [0, 0.1) is 25.2 Å². The number of hydrogen-bond donors (Lipinski definition) is 1. The lowest BCUT2D eigenvalue weighted by Gasteiger charge is -2.14. The van der Waals surface area contributed by atoms with Crippen LogP contribution >= 0.6 is 11.3 Å². The van der Waals surface area contributed by atoms with Crippen LogP contribution in [0.4, 0.5) is 5.13 Å². The summed E-state index contributed by atoms with van der Waals surface area (Å²) in [5.74, 6) is 1.32. The number of amides is 1. The molecule has 1 N–H and O–H groups in total. The molecule has 9 heteroatoms. The summed E-state index contributed by atoms with van der Waals surface area (Å²) in [5.41, 5.74) is 3.90. The third-order valence-electron chi connectivity index (χ3n) is 5.76. The number of nitrogens with zero attached hydrogens (tertiary/aromatic N) is 3. The molecule has 1 aromatic heterocycles. The maximum absolute atomic E-state index is 12.8. The number of anilines is 1. The van der Waals surface area contributed by atoms with Gasteiger partial charge in [-0.2, -0.15) is 5.26 Å². The van der Waals surface area contributed by atoms with Crippen LogP contribution in [-0.2, 0) is 11.2 Å². The van der Waals surface area contributed by atoms with Crippen molar-refractivity contribution in [1.29, 1.82) is 5.26 Å². The minimum atomic E-state index is -0.563. The van der Waals surface area contributed by atoms with Gasteiger partial charge in [0.05, 0.1) is 6.61 Å². The van der Waals surface area contributed by atoms with Crippen molar-refractivity contribution in [2.45, 2.75) is 27.2 Å². The topological polar surface area (TPSA) is 106 Å². The maximum atomic E-state index is 12.8. The van der Waals surface area contributed by atoms with Gasteiger partial charge in [0, 0.05) is 6.42 Å². The van der Waals surface area contributed by atoms with Gasteiger partial charge in [-0.1, -0.05) is 65.4 Å². The zero-order valence-corrected chi connectivity index (χ0v) is 23.5. The number of aromatic nitrogens is 2. The molecule has 0 aliphatic carbocycles. The van der Waals surface area contributed by atoms with Gasteiger partial charge in [0.1, 0.15) is 35.6 Å². The standard InChI is InChI=1S/C31H30N4O4S/c1-4-37-28-18-24(11-13-27(28)39-15-14-38-26-12-10-21(2)16-22(26)3)17-25(20-32)30(36)33-31-35-34-29(40-31)19-23-8-6-5-7-9-23/h5-13,16-18H,4,14-15,19H2,1-3H3,(H,33,35,36)/b25-17-. The molecule has 0 atom stereocenters. The average Bonchev–Trinajstić information content (AvgIpc) is 3.38. The van der Waals surface area contributed by atoms with Gasteiger partial charge in [-0.3, -0.25) is 10.1 Å². The Labute approximate surface area is 237 Å². The van der Waals surface area contributed by atoms with Crippen molar-refractivity contribution >= 4 is 28.5 Å². The quantitative estimate of drug-likeness (QED) is 0.127. The predicted molar refractivity (Wildman–Crippen MR) is 156 cm³/mol. The van der Waals surface area contributed by atoms with E-state index in [9.17, 15) is 10.1 Å². The second-order valence-corrected chi connectivity index (χ2v) is 9.95. The number of carbonyl (C=O) groups is 1. The van der Waals surface area contributed by atoms with Crippen molar-refractivity contribution in [3.63, 3.8) is 0 Å². The number of nitriles is 1. The SMILES string of the molecule is CCOc1cc(/C=C(/C#N)C(=O)Nc2nnc(Cc3ccccc3)s2)ccc1OCCOc1ccc(C)cc1C. The number of rotatable bonds is 12. The van der Waals surface area contributed by atoms with Gasteiger partial charge >= 0.3 is 0 Å². The van der Waals surface area contributed by atoms with Crippen LogP contribution < -0.4 is 19.5 Å². The summed E-state index contributed by atoms with van der Waals surface area (Å²) >= 11 is 1.27. The Hall–Kier alpha value is -4.68. The molecule has 3 aromatic carbocycles. The lowest BCUT2D eigenvalue weighted by Crippen LogP contribution is -2.13. The van der Waals surface area contributed by atoms with Gasteiger partial charge in [-0.05, 0) is 61.7 Å². The second-order valence-electron chi connectivity index (χ2n) is 8.89. The molecule has 0 aliphatic heterocycles. The van der Waals surface area contributed by atoms with Crippen LogP contribution in [0.15, 0.2) is 72.3 Å². The molecule has 0 fully saturated rings. The van der Waals surface area contributed by atoms with E-state index in [1.165, 1.54) is 23.0 Å². The Balaban J connectivity index is 1.38. The normalized spacial score (nSPS) is 11.0. The van der Waals surface area contributed by atoms with Crippen molar-refractivity contribution in [3.05, 3.63) is 99.6 Å². The van der Waals surface area contributed by atoms with Crippen LogP contribution in [0.1, 0.15) is 34.2 Å². The second kappa shape index (κ2) is 13.9. The summed E-state index contributed by atoms with van der Waals surface area (Å²) in [6.45, 7) is 7.04. The smallest absolute Gasteiger partial charge is 0.268 e. The number of ether oxygens (including phenoxy) is 3. The summed E-state index contributed by atoms with van der Waals surface area (Å²) < 4.78 is 17.5. The largest absolute Gasteiger partial charge is 0.490 e. The number of aryl methyl sites for hydroxylation is 2. The number of hydrogen-bond acceptors (Lipinski definition) is 8. The van der Waals surface area contributed by atoms with Crippen molar-refractivity contribution in [1.82, 2.24) is 10.2 Å². The fourth-order valence-electron chi connectivity index (χ4n) is 3.89. The molecule has 0 saturated heterocycles. The molecule has 4 aromatic rings. The number of nitrogens with one attached hydrogen (secondary N) is 1. The third kappa shape index (κ3) is 7.91. The van der Waals surface area contributed by atoms with Crippen LogP contribution in [0.2, 0.25) is 0 Å². The highest BCUT2D eigenvalue weighted by Gasteiger charge is 2.14. The molecule has 0 radical (unpaired) electrons. The Bertz CT molecular complexity index is 1530. The molecule has 1 amide bonds. The molecular weight excluding hydrogens is 524 g/mol. The molecule has 204 valence electrons. The third-order valence-corrected chi connectivity index (χ3v) is 6.60. The van der Waals surface area contributed by atoms with E-state index in [0.717, 1.165) is 21.9 Å². The van der Waals surface area contributed by atoms with Gasteiger partial charge in [-0.25, -0.2) is 0 Å². The molecule has 0 spiro atoms. The summed E-state index contributed by atoms with van der Waals surface area (Å²) in [5, 5.41) is 21.6. The Morgan fingerprint density at radius 1 is 0.950 bits per heavy atom. The van der Waals surface area contributed by atoms with E-state index in [2.05, 4.69) is 21.6 Å². The zero-order valence-electron chi connectivity index (χ0n) is 22.6. The van der Waals surface area contributed by atoms with E-state index in [4.69, 9.17) is 14.2 Å². The first kappa shape index (κ1) is 28.3. The van der Waals surface area contributed by atoms with Crippen LogP contribution in [-0.4, -0.2) is 35.9 Å². The van der Waals surface area contributed by atoms with Gasteiger partial charge in [0.25, 0.3) is 5.91 Å². The van der Waals surface area contributed by atoms with Crippen LogP contribution in [0.5, 0.6) is 17.2 Å². The first-order valence-corrected chi connectivity index (χ1v) is 13.7. The van der Waals surface area contributed by atoms with E-state index in [1.807, 2.05) is 69.3 Å². The molecule has 0 saturated carbocycles. The van der Waals surface area contributed by atoms with Crippen molar-refractivity contribution in [3.8, 4) is 23.3 Å². The lowest BCUT2D eigenvalue weighted by molar-refractivity contribution is -0.112. The average molecular weight is 555 g/mol. The maximum Gasteiger partial charge on any atom is 0.268 e. The molecule has 1 heterocycles. The highest BCUT2D eigenvalue weighted by Crippen LogP contribution is 2.30. The molecule has 0 unspecified atom stereocenters. The molecule has 8 nitrogen and oxygen atoms in total. The monoisotopic (exact) mass is 554 g/mol. The molecule has 4 rings (SSSR count). The van der Waals surface area contributed by atoms with Gasteiger partial charge in [0.15, 0.2) is 11.5 Å². The van der Waals surface area contributed by atoms with Crippen LogP contribution in [0.25, 0.3) is 6.08 Å². The first-order valence-electron chi connectivity index (χ1n) is 12.8. The summed E-state index contributed by atoms with van der Waals surface area (Å²) in [7, 11) is 0. The molecule has 0 aliphatic rings. The number of carbonyl (C=O) groups excluding carboxylic acids is 1. The zero-order chi connectivity index (χ0) is 28.3. The summed E-state index contributed by atoms with van der Waals surface area (Å²) in [6.07, 6.45) is 2.11. The van der Waals surface area contributed by atoms with Crippen molar-refractivity contribution in [2.24, 2.45) is 0 Å². The minimum absolute atomic E-state index is 0.0715. The van der Waals surface area contributed by atoms with Crippen molar-refractivity contribution < 1.29 is 19.0 Å². The highest BCUT2D eigenvalue weighted by molar-refractivity contribution is 7.15. The Morgan fingerprint density at radius 2 is 1.70 bits per heavy atom. The van der Waals surface area contributed by atoms with Gasteiger partial charge < -0.3 is 14.2 Å². The fraction of sp³-hybridized carbons (Fsp3) is 0.226. The Morgan fingerprint density at radius 3 is 2.42 bits per heavy atom. The molecule has 40 heavy (non-hydrogen) atoms. The summed E-state index contributed by atoms with van der Waals surface area (Å²) in [6, 6.07) is 23.1. The molecular formula is C31H30N4O4S. The van der Waals surface area contributed by atoms with Crippen LogP contribution in [0.3, 0.4) is 0 Å². The van der Waals surface area contributed by atoms with E-state index in [-0.39, 0.29) is 5.57 Å². The Kier molecular flexibility index (Phi) is 9.86. The van der Waals surface area contributed by atoms with E-state index < -0.39 is 5.91 Å². The van der Waals surface area contributed by atoms with E-state index in [1.54, 1.807) is 18.2 Å². The first-order chi connectivity index (χ1) is 19.4. The lowest BCUT2D eigenvalue weighted by atomic mass is 10.1. The predicted octanol–water partition coefficient (Wildman–Crippen LogP) is 6.15. The fourth-order valence-corrected chi connectivity index (χ4v) is 4.66. The number of benzene rings is 3. The summed E-state index contributed by atoms with van der Waals surface area (Å²) in [4.78, 5) is 12.8.